The molecule has 0 bridgehead atoms. The van der Waals surface area contributed by atoms with Gasteiger partial charge in [-0.15, -0.1) is 0 Å². The number of amides is 1. The molecule has 0 aliphatic carbocycles. The smallest absolute Gasteiger partial charge is 0.261 e. The molecule has 0 radical (unpaired) electrons. The average molecular weight is 471 g/mol. The van der Waals surface area contributed by atoms with Crippen molar-refractivity contribution in [3.05, 3.63) is 93.0 Å². The number of anilines is 1. The summed E-state index contributed by atoms with van der Waals surface area (Å²) in [6.45, 7) is 9.89. The van der Waals surface area contributed by atoms with Gasteiger partial charge in [0.05, 0.1) is 21.5 Å². The molecule has 5 nitrogen and oxygen atoms in total. The molecule has 2 N–H and O–H groups in total. The Balaban J connectivity index is 1.83. The Kier molecular flexibility index (Phi) is 6.96. The number of rotatable bonds is 6. The van der Waals surface area contributed by atoms with E-state index in [4.69, 9.17) is 11.6 Å². The summed E-state index contributed by atoms with van der Waals surface area (Å²) in [5.74, 6) is -0.378. The van der Waals surface area contributed by atoms with Gasteiger partial charge >= 0.3 is 0 Å². The second kappa shape index (κ2) is 9.35. The molecule has 0 heterocycles. The van der Waals surface area contributed by atoms with Gasteiger partial charge in [-0.25, -0.2) is 8.42 Å². The maximum Gasteiger partial charge on any atom is 0.261 e. The predicted molar refractivity (Wildman–Crippen MR) is 130 cm³/mol. The van der Waals surface area contributed by atoms with Crippen LogP contribution >= 0.6 is 11.6 Å². The van der Waals surface area contributed by atoms with Gasteiger partial charge in [-0.3, -0.25) is 9.52 Å². The molecule has 1 amide bonds. The number of carbonyl (C=O) groups excluding carboxylic acids is 1. The van der Waals surface area contributed by atoms with Crippen molar-refractivity contribution in [1.29, 1.82) is 0 Å². The topological polar surface area (TPSA) is 75.3 Å². The minimum Gasteiger partial charge on any atom is -0.345 e. The van der Waals surface area contributed by atoms with Gasteiger partial charge in [0, 0.05) is 5.69 Å². The van der Waals surface area contributed by atoms with Crippen LogP contribution in [0, 0.1) is 27.7 Å². The van der Waals surface area contributed by atoms with Gasteiger partial charge in [-0.2, -0.15) is 0 Å². The van der Waals surface area contributed by atoms with Crippen molar-refractivity contribution >= 4 is 33.2 Å². The third-order valence-electron chi connectivity index (χ3n) is 5.49. The first-order valence-electron chi connectivity index (χ1n) is 10.3. The zero-order valence-corrected chi connectivity index (χ0v) is 20.4. The first-order valence-corrected chi connectivity index (χ1v) is 12.1. The van der Waals surface area contributed by atoms with E-state index in [1.165, 1.54) is 35.9 Å². The second-order valence-electron chi connectivity index (χ2n) is 8.10. The van der Waals surface area contributed by atoms with Crippen molar-refractivity contribution < 1.29 is 13.2 Å². The van der Waals surface area contributed by atoms with Gasteiger partial charge < -0.3 is 5.32 Å². The van der Waals surface area contributed by atoms with Gasteiger partial charge in [0.25, 0.3) is 15.9 Å². The summed E-state index contributed by atoms with van der Waals surface area (Å²) in [5, 5.41) is 3.21. The first-order chi connectivity index (χ1) is 15.0. The van der Waals surface area contributed by atoms with Crippen LogP contribution in [0.2, 0.25) is 5.02 Å². The van der Waals surface area contributed by atoms with Crippen molar-refractivity contribution in [3.8, 4) is 0 Å². The fourth-order valence-electron chi connectivity index (χ4n) is 3.50. The van der Waals surface area contributed by atoms with E-state index >= 15 is 0 Å². The molecule has 3 rings (SSSR count). The standard InChI is InChI=1S/C25H27ClN2O3S/c1-15-6-9-21(10-7-15)32(30,31)28-20-8-11-24(26)23(14-20)25(29)27-19(5)22-13-17(3)16(2)12-18(22)4/h6-14,19,28H,1-5H3,(H,27,29)/t19-/m1/s1. The molecule has 168 valence electrons. The van der Waals surface area contributed by atoms with Crippen molar-refractivity contribution in [1.82, 2.24) is 5.32 Å². The number of sulfonamides is 1. The lowest BCUT2D eigenvalue weighted by atomic mass is 9.96. The maximum atomic E-state index is 13.0. The Hall–Kier alpha value is -2.83. The van der Waals surface area contributed by atoms with E-state index in [1.54, 1.807) is 12.1 Å². The van der Waals surface area contributed by atoms with Gasteiger partial charge in [-0.1, -0.05) is 41.4 Å². The van der Waals surface area contributed by atoms with E-state index in [1.807, 2.05) is 27.7 Å². The van der Waals surface area contributed by atoms with Crippen LogP contribution in [-0.2, 0) is 10.0 Å². The predicted octanol–water partition coefficient (Wildman–Crippen LogP) is 5.87. The Morgan fingerprint density at radius 1 is 0.875 bits per heavy atom. The highest BCUT2D eigenvalue weighted by atomic mass is 35.5. The van der Waals surface area contributed by atoms with E-state index in [9.17, 15) is 13.2 Å². The van der Waals surface area contributed by atoms with E-state index in [2.05, 4.69) is 29.1 Å². The Bertz CT molecular complexity index is 1270. The number of benzene rings is 3. The summed E-state index contributed by atoms with van der Waals surface area (Å²) in [6, 6.07) is 14.9. The number of halogens is 1. The van der Waals surface area contributed by atoms with Crippen molar-refractivity contribution in [2.24, 2.45) is 0 Å². The molecule has 3 aromatic carbocycles. The minimum absolute atomic E-state index is 0.142. The molecule has 0 aliphatic rings. The van der Waals surface area contributed by atoms with Crippen molar-refractivity contribution in [2.45, 2.75) is 45.6 Å². The SMILES string of the molecule is Cc1ccc(S(=O)(=O)Nc2ccc(Cl)c(C(=O)N[C@H](C)c3cc(C)c(C)cc3C)c2)cc1. The normalized spacial score (nSPS) is 12.3. The number of aryl methyl sites for hydroxylation is 4. The van der Waals surface area contributed by atoms with Crippen LogP contribution in [0.1, 0.15) is 51.1 Å². The molecule has 1 atom stereocenters. The molecule has 0 aliphatic heterocycles. The summed E-state index contributed by atoms with van der Waals surface area (Å²) in [7, 11) is -3.79. The molecular formula is C25H27ClN2O3S. The molecule has 0 spiro atoms. The lowest BCUT2D eigenvalue weighted by molar-refractivity contribution is 0.0940. The van der Waals surface area contributed by atoms with Crippen LogP contribution in [0.4, 0.5) is 5.69 Å². The molecule has 0 saturated heterocycles. The Morgan fingerprint density at radius 3 is 2.16 bits per heavy atom. The van der Waals surface area contributed by atoms with E-state index in [-0.39, 0.29) is 33.1 Å². The zero-order chi connectivity index (χ0) is 23.6. The molecule has 0 saturated carbocycles. The molecule has 7 heteroatoms. The molecular weight excluding hydrogens is 444 g/mol. The molecule has 0 aromatic heterocycles. The summed E-state index contributed by atoms with van der Waals surface area (Å²) in [4.78, 5) is 13.1. The van der Waals surface area contributed by atoms with Crippen LogP contribution in [0.15, 0.2) is 59.5 Å². The van der Waals surface area contributed by atoms with E-state index < -0.39 is 10.0 Å². The summed E-state index contributed by atoms with van der Waals surface area (Å²) >= 11 is 6.27. The van der Waals surface area contributed by atoms with Crippen molar-refractivity contribution in [2.75, 3.05) is 4.72 Å². The Morgan fingerprint density at radius 2 is 1.50 bits per heavy atom. The zero-order valence-electron chi connectivity index (χ0n) is 18.8. The maximum absolute atomic E-state index is 13.0. The average Bonchev–Trinajstić information content (AvgIpc) is 2.72. The number of carbonyl (C=O) groups is 1. The van der Waals surface area contributed by atoms with Crippen LogP contribution in [-0.4, -0.2) is 14.3 Å². The summed E-state index contributed by atoms with van der Waals surface area (Å²) in [5.41, 5.74) is 5.88. The third-order valence-corrected chi connectivity index (χ3v) is 7.22. The fourth-order valence-corrected chi connectivity index (χ4v) is 4.75. The van der Waals surface area contributed by atoms with Crippen LogP contribution in [0.25, 0.3) is 0 Å². The van der Waals surface area contributed by atoms with Crippen LogP contribution in [0.5, 0.6) is 0 Å². The van der Waals surface area contributed by atoms with E-state index in [0.29, 0.717) is 0 Å². The van der Waals surface area contributed by atoms with Gasteiger partial charge in [-0.05, 0) is 87.2 Å². The lowest BCUT2D eigenvalue weighted by Crippen LogP contribution is -2.27. The highest BCUT2D eigenvalue weighted by molar-refractivity contribution is 7.92. The summed E-state index contributed by atoms with van der Waals surface area (Å²) < 4.78 is 27.9. The van der Waals surface area contributed by atoms with E-state index in [0.717, 1.165) is 22.3 Å². The first kappa shape index (κ1) is 23.8. The summed E-state index contributed by atoms with van der Waals surface area (Å²) in [6.07, 6.45) is 0. The van der Waals surface area contributed by atoms with Crippen LogP contribution < -0.4 is 10.0 Å². The molecule has 0 fully saturated rings. The Labute approximate surface area is 194 Å². The minimum atomic E-state index is -3.79. The molecule has 0 unspecified atom stereocenters. The number of hydrogen-bond donors (Lipinski definition) is 2. The van der Waals surface area contributed by atoms with Gasteiger partial charge in [0.15, 0.2) is 0 Å². The van der Waals surface area contributed by atoms with Gasteiger partial charge in [0.1, 0.15) is 0 Å². The molecule has 3 aromatic rings. The largest absolute Gasteiger partial charge is 0.345 e. The fraction of sp³-hybridized carbons (Fsp3) is 0.240. The lowest BCUT2D eigenvalue weighted by Gasteiger charge is -2.19. The molecule has 32 heavy (non-hydrogen) atoms. The number of nitrogens with one attached hydrogen (secondary N) is 2. The second-order valence-corrected chi connectivity index (χ2v) is 10.2. The highest BCUT2D eigenvalue weighted by Gasteiger charge is 2.19. The monoisotopic (exact) mass is 470 g/mol. The van der Waals surface area contributed by atoms with Crippen molar-refractivity contribution in [3.63, 3.8) is 0 Å². The highest BCUT2D eigenvalue weighted by Crippen LogP contribution is 2.26. The third kappa shape index (κ3) is 5.31. The quantitative estimate of drug-likeness (QED) is 0.473. The van der Waals surface area contributed by atoms with Gasteiger partial charge in [0.2, 0.25) is 0 Å². The number of hydrogen-bond acceptors (Lipinski definition) is 3. The van der Waals surface area contributed by atoms with Crippen LogP contribution in [0.3, 0.4) is 0 Å².